The Labute approximate surface area is 358 Å². The Morgan fingerprint density at radius 2 is 0.661 bits per heavy atom. The summed E-state index contributed by atoms with van der Waals surface area (Å²) in [5, 5.41) is 4.94. The summed E-state index contributed by atoms with van der Waals surface area (Å²) in [5.41, 5.74) is 14.2. The lowest BCUT2D eigenvalue weighted by Gasteiger charge is -2.16. The molecule has 0 bridgehead atoms. The molecule has 5 heteroatoms. The van der Waals surface area contributed by atoms with Gasteiger partial charge in [0.05, 0.1) is 27.8 Å². The van der Waals surface area contributed by atoms with Crippen LogP contribution >= 0.6 is 0 Å². The van der Waals surface area contributed by atoms with Gasteiger partial charge in [0.15, 0.2) is 17.5 Å². The van der Waals surface area contributed by atoms with Crippen LogP contribution in [-0.4, -0.2) is 24.1 Å². The molecule has 0 atom stereocenters. The maximum absolute atomic E-state index is 5.16. The molecule has 0 spiro atoms. The number of para-hydroxylation sites is 4. The number of hydrogen-bond donors (Lipinski definition) is 0. The van der Waals surface area contributed by atoms with E-state index in [1.165, 1.54) is 32.6 Å². The molecular formula is C57H37N5. The lowest BCUT2D eigenvalue weighted by atomic mass is 9.96. The predicted octanol–water partition coefficient (Wildman–Crippen LogP) is 14.4. The van der Waals surface area contributed by atoms with Crippen molar-refractivity contribution < 1.29 is 0 Å². The van der Waals surface area contributed by atoms with Crippen molar-refractivity contribution in [2.75, 3.05) is 0 Å². The van der Waals surface area contributed by atoms with E-state index in [2.05, 4.69) is 203 Å². The molecule has 3 heterocycles. The van der Waals surface area contributed by atoms with E-state index >= 15 is 0 Å². The molecule has 0 N–H and O–H groups in total. The van der Waals surface area contributed by atoms with Crippen molar-refractivity contribution in [2.45, 2.75) is 0 Å². The quantitative estimate of drug-likeness (QED) is 0.162. The number of hydrogen-bond acceptors (Lipinski definition) is 3. The molecule has 9 aromatic carbocycles. The van der Waals surface area contributed by atoms with Gasteiger partial charge in [0.25, 0.3) is 0 Å². The van der Waals surface area contributed by atoms with Crippen LogP contribution in [0.2, 0.25) is 0 Å². The smallest absolute Gasteiger partial charge is 0.164 e. The molecule has 290 valence electrons. The zero-order chi connectivity index (χ0) is 41.0. The number of benzene rings is 9. The SMILES string of the molecule is c1ccc(-c2nc(-c3ccc(-c4ccc(-n5c6ccccc6c6ccccc65)c(-c5ccccc5)c4)cc3)nc(-c3cccc(-n4c5ccccc5c5ccccc54)c3)n2)cc1. The Balaban J connectivity index is 0.959. The minimum absolute atomic E-state index is 0.619. The second kappa shape index (κ2) is 14.7. The zero-order valence-corrected chi connectivity index (χ0v) is 33.6. The van der Waals surface area contributed by atoms with Crippen molar-refractivity contribution in [3.05, 3.63) is 224 Å². The molecule has 12 aromatic rings. The number of fused-ring (bicyclic) bond motifs is 6. The molecule has 5 nitrogen and oxygen atoms in total. The zero-order valence-electron chi connectivity index (χ0n) is 33.6. The van der Waals surface area contributed by atoms with Crippen LogP contribution in [0, 0.1) is 0 Å². The third kappa shape index (κ3) is 5.98. The van der Waals surface area contributed by atoms with Crippen LogP contribution in [0.25, 0.3) is 111 Å². The van der Waals surface area contributed by atoms with Gasteiger partial charge >= 0.3 is 0 Å². The van der Waals surface area contributed by atoms with E-state index in [0.717, 1.165) is 61.4 Å². The molecule has 0 fully saturated rings. The summed E-state index contributed by atoms with van der Waals surface area (Å²) in [7, 11) is 0. The fourth-order valence-electron chi connectivity index (χ4n) is 9.09. The summed E-state index contributed by atoms with van der Waals surface area (Å²) >= 11 is 0. The van der Waals surface area contributed by atoms with Gasteiger partial charge in [-0.15, -0.1) is 0 Å². The fraction of sp³-hybridized carbons (Fsp3) is 0. The van der Waals surface area contributed by atoms with E-state index in [9.17, 15) is 0 Å². The van der Waals surface area contributed by atoms with E-state index in [0.29, 0.717) is 17.5 Å². The minimum Gasteiger partial charge on any atom is -0.309 e. The van der Waals surface area contributed by atoms with E-state index in [-0.39, 0.29) is 0 Å². The molecule has 0 saturated carbocycles. The molecule has 0 aliphatic heterocycles. The first-order chi connectivity index (χ1) is 30.7. The van der Waals surface area contributed by atoms with Crippen LogP contribution in [0.15, 0.2) is 224 Å². The van der Waals surface area contributed by atoms with Gasteiger partial charge in [0.1, 0.15) is 0 Å². The van der Waals surface area contributed by atoms with Crippen LogP contribution in [0.3, 0.4) is 0 Å². The summed E-state index contributed by atoms with van der Waals surface area (Å²) in [6.07, 6.45) is 0. The second-order valence-corrected chi connectivity index (χ2v) is 15.6. The van der Waals surface area contributed by atoms with Gasteiger partial charge in [-0.05, 0) is 65.2 Å². The first-order valence-electron chi connectivity index (χ1n) is 20.9. The lowest BCUT2D eigenvalue weighted by molar-refractivity contribution is 1.07. The number of aromatic nitrogens is 5. The monoisotopic (exact) mass is 791 g/mol. The highest BCUT2D eigenvalue weighted by atomic mass is 15.0. The van der Waals surface area contributed by atoms with Crippen LogP contribution in [0.1, 0.15) is 0 Å². The van der Waals surface area contributed by atoms with E-state index < -0.39 is 0 Å². The summed E-state index contributed by atoms with van der Waals surface area (Å²) in [6, 6.07) is 79.3. The Hall–Kier alpha value is -8.41. The van der Waals surface area contributed by atoms with Gasteiger partial charge in [0, 0.05) is 49.5 Å². The first-order valence-corrected chi connectivity index (χ1v) is 20.9. The Bertz CT molecular complexity index is 3520. The van der Waals surface area contributed by atoms with Crippen molar-refractivity contribution >= 4 is 43.6 Å². The third-order valence-electron chi connectivity index (χ3n) is 12.0. The van der Waals surface area contributed by atoms with Gasteiger partial charge in [-0.2, -0.15) is 0 Å². The molecule has 0 aliphatic rings. The Morgan fingerprint density at radius 3 is 1.21 bits per heavy atom. The second-order valence-electron chi connectivity index (χ2n) is 15.6. The molecule has 12 rings (SSSR count). The Morgan fingerprint density at radius 1 is 0.258 bits per heavy atom. The predicted molar refractivity (Wildman–Crippen MR) is 256 cm³/mol. The van der Waals surface area contributed by atoms with Crippen molar-refractivity contribution in [3.63, 3.8) is 0 Å². The largest absolute Gasteiger partial charge is 0.309 e. The lowest BCUT2D eigenvalue weighted by Crippen LogP contribution is -2.01. The molecule has 0 unspecified atom stereocenters. The maximum atomic E-state index is 5.16. The average molecular weight is 792 g/mol. The molecular weight excluding hydrogens is 755 g/mol. The van der Waals surface area contributed by atoms with Crippen LogP contribution in [-0.2, 0) is 0 Å². The number of nitrogens with zero attached hydrogens (tertiary/aromatic N) is 5. The molecule has 0 saturated heterocycles. The topological polar surface area (TPSA) is 48.5 Å². The summed E-state index contributed by atoms with van der Waals surface area (Å²) in [6.45, 7) is 0. The van der Waals surface area contributed by atoms with Crippen molar-refractivity contribution in [2.24, 2.45) is 0 Å². The first kappa shape index (κ1) is 35.5. The van der Waals surface area contributed by atoms with Crippen molar-refractivity contribution in [3.8, 4) is 67.8 Å². The van der Waals surface area contributed by atoms with Crippen molar-refractivity contribution in [1.82, 2.24) is 24.1 Å². The van der Waals surface area contributed by atoms with E-state index in [4.69, 9.17) is 15.0 Å². The number of rotatable bonds is 7. The van der Waals surface area contributed by atoms with Gasteiger partial charge in [0.2, 0.25) is 0 Å². The van der Waals surface area contributed by atoms with E-state index in [1.54, 1.807) is 0 Å². The van der Waals surface area contributed by atoms with Gasteiger partial charge in [-0.1, -0.05) is 176 Å². The summed E-state index contributed by atoms with van der Waals surface area (Å²) in [4.78, 5) is 15.3. The standard InChI is InChI=1S/C57H37N5/c1-3-16-39(17-4-1)49-37-42(34-35-54(49)62-52-28-13-9-24-47(52)48-25-10-14-29-53(48)62)38-30-32-41(33-31-38)56-58-55(40-18-5-2-6-19-40)59-57(60-56)43-20-15-21-44(36-43)61-50-26-11-7-22-45(50)46-23-8-12-27-51(46)61/h1-37H. The normalized spacial score (nSPS) is 11.5. The third-order valence-corrected chi connectivity index (χ3v) is 12.0. The fourth-order valence-corrected chi connectivity index (χ4v) is 9.09. The maximum Gasteiger partial charge on any atom is 0.164 e. The van der Waals surface area contributed by atoms with Gasteiger partial charge < -0.3 is 9.13 Å². The highest BCUT2D eigenvalue weighted by Crippen LogP contribution is 2.39. The van der Waals surface area contributed by atoms with Gasteiger partial charge in [-0.25, -0.2) is 15.0 Å². The molecule has 0 aliphatic carbocycles. The molecule has 0 radical (unpaired) electrons. The minimum atomic E-state index is 0.619. The molecule has 0 amide bonds. The Kier molecular flexibility index (Phi) is 8.42. The summed E-state index contributed by atoms with van der Waals surface area (Å²) in [5.74, 6) is 1.87. The van der Waals surface area contributed by atoms with Crippen LogP contribution < -0.4 is 0 Å². The van der Waals surface area contributed by atoms with E-state index in [1.807, 2.05) is 30.3 Å². The highest BCUT2D eigenvalue weighted by molar-refractivity contribution is 6.10. The molecule has 3 aromatic heterocycles. The highest BCUT2D eigenvalue weighted by Gasteiger charge is 2.18. The van der Waals surface area contributed by atoms with Crippen LogP contribution in [0.4, 0.5) is 0 Å². The molecule has 62 heavy (non-hydrogen) atoms. The average Bonchev–Trinajstić information content (AvgIpc) is 3.87. The van der Waals surface area contributed by atoms with Gasteiger partial charge in [-0.3, -0.25) is 0 Å². The summed E-state index contributed by atoms with van der Waals surface area (Å²) < 4.78 is 4.73. The van der Waals surface area contributed by atoms with Crippen LogP contribution in [0.5, 0.6) is 0 Å². The van der Waals surface area contributed by atoms with Crippen molar-refractivity contribution in [1.29, 1.82) is 0 Å².